The summed E-state index contributed by atoms with van der Waals surface area (Å²) in [5.41, 5.74) is 2.76. The number of carbonyl (C=O) groups excluding carboxylic acids is 2. The van der Waals surface area contributed by atoms with Crippen molar-refractivity contribution in [2.24, 2.45) is 5.92 Å². The summed E-state index contributed by atoms with van der Waals surface area (Å²) in [6, 6.07) is 11.1. The molecular formula is C24H30N4O4. The van der Waals surface area contributed by atoms with Gasteiger partial charge in [0.1, 0.15) is 5.65 Å². The van der Waals surface area contributed by atoms with Crippen molar-refractivity contribution >= 4 is 34.3 Å². The topological polar surface area (TPSA) is 105 Å². The molecule has 0 fully saturated rings. The van der Waals surface area contributed by atoms with Crippen LogP contribution < -0.4 is 10.6 Å². The predicted molar refractivity (Wildman–Crippen MR) is 125 cm³/mol. The first-order valence-electron chi connectivity index (χ1n) is 10.7. The zero-order valence-corrected chi connectivity index (χ0v) is 18.9. The standard InChI is InChI=1S/C24H30N4O4/c1-15(2)13-28-22(24(31)32-4)21(27-20(30)10-17-8-6-5-7-9-17)19-11-18(12-25-23(19)28)26-16(3)14-29/h5-9,11-12,15-16,26,29H,10,13-14H2,1-4H3,(H,27,30). The number of carbonyl (C=O) groups is 2. The number of hydrogen-bond donors (Lipinski definition) is 3. The molecule has 0 saturated heterocycles. The van der Waals surface area contributed by atoms with Crippen molar-refractivity contribution < 1.29 is 19.4 Å². The first-order chi connectivity index (χ1) is 15.3. The van der Waals surface area contributed by atoms with E-state index in [1.165, 1.54) is 7.11 Å². The predicted octanol–water partition coefficient (Wildman–Crippen LogP) is 3.45. The van der Waals surface area contributed by atoms with Gasteiger partial charge in [0, 0.05) is 18.0 Å². The average Bonchev–Trinajstić information content (AvgIpc) is 3.05. The Morgan fingerprint density at radius 1 is 1.19 bits per heavy atom. The molecule has 0 aliphatic carbocycles. The summed E-state index contributed by atoms with van der Waals surface area (Å²) >= 11 is 0. The number of methoxy groups -OCH3 is 1. The average molecular weight is 439 g/mol. The van der Waals surface area contributed by atoms with Gasteiger partial charge in [-0.1, -0.05) is 44.2 Å². The number of aromatic nitrogens is 2. The third kappa shape index (κ3) is 5.26. The third-order valence-electron chi connectivity index (χ3n) is 4.98. The van der Waals surface area contributed by atoms with Crippen LogP contribution in [0.4, 0.5) is 11.4 Å². The molecule has 0 aliphatic rings. The maximum absolute atomic E-state index is 12.9. The van der Waals surface area contributed by atoms with Crippen LogP contribution >= 0.6 is 0 Å². The lowest BCUT2D eigenvalue weighted by Crippen LogP contribution is -2.19. The summed E-state index contributed by atoms with van der Waals surface area (Å²) in [6.07, 6.45) is 1.83. The number of hydrogen-bond acceptors (Lipinski definition) is 6. The number of aliphatic hydroxyl groups excluding tert-OH is 1. The number of ether oxygens (including phenoxy) is 1. The number of nitrogens with zero attached hydrogens (tertiary/aromatic N) is 2. The Hall–Kier alpha value is -3.39. The van der Waals surface area contributed by atoms with Crippen LogP contribution in [0, 0.1) is 5.92 Å². The van der Waals surface area contributed by atoms with Gasteiger partial charge in [-0.25, -0.2) is 9.78 Å². The fourth-order valence-electron chi connectivity index (χ4n) is 3.58. The number of amides is 1. The van der Waals surface area contributed by atoms with E-state index in [9.17, 15) is 14.7 Å². The minimum Gasteiger partial charge on any atom is -0.464 e. The van der Waals surface area contributed by atoms with E-state index in [1.807, 2.05) is 57.2 Å². The van der Waals surface area contributed by atoms with Crippen LogP contribution in [0.5, 0.6) is 0 Å². The monoisotopic (exact) mass is 438 g/mol. The van der Waals surface area contributed by atoms with E-state index in [-0.39, 0.29) is 36.6 Å². The molecule has 3 rings (SSSR count). The van der Waals surface area contributed by atoms with Gasteiger partial charge in [-0.3, -0.25) is 4.79 Å². The molecule has 1 amide bonds. The Balaban J connectivity index is 2.11. The van der Waals surface area contributed by atoms with Crippen LogP contribution in [0.2, 0.25) is 0 Å². The van der Waals surface area contributed by atoms with Gasteiger partial charge in [-0.2, -0.15) is 0 Å². The lowest BCUT2D eigenvalue weighted by Gasteiger charge is -2.13. The lowest BCUT2D eigenvalue weighted by atomic mass is 10.1. The highest BCUT2D eigenvalue weighted by molar-refractivity contribution is 6.11. The second kappa shape index (κ2) is 10.3. The Morgan fingerprint density at radius 3 is 2.53 bits per heavy atom. The van der Waals surface area contributed by atoms with E-state index in [4.69, 9.17) is 4.74 Å². The summed E-state index contributed by atoms with van der Waals surface area (Å²) < 4.78 is 6.85. The van der Waals surface area contributed by atoms with E-state index in [0.717, 1.165) is 5.56 Å². The summed E-state index contributed by atoms with van der Waals surface area (Å²) in [5.74, 6) is -0.556. The zero-order valence-electron chi connectivity index (χ0n) is 18.9. The van der Waals surface area contributed by atoms with Gasteiger partial charge >= 0.3 is 5.97 Å². The van der Waals surface area contributed by atoms with Crippen molar-refractivity contribution in [3.63, 3.8) is 0 Å². The van der Waals surface area contributed by atoms with Crippen molar-refractivity contribution in [2.75, 3.05) is 24.4 Å². The minimum absolute atomic E-state index is 0.0412. The highest BCUT2D eigenvalue weighted by Gasteiger charge is 2.26. The number of benzene rings is 1. The van der Waals surface area contributed by atoms with Crippen LogP contribution in [0.15, 0.2) is 42.6 Å². The van der Waals surface area contributed by atoms with Gasteiger partial charge in [0.15, 0.2) is 5.69 Å². The molecule has 32 heavy (non-hydrogen) atoms. The highest BCUT2D eigenvalue weighted by atomic mass is 16.5. The van der Waals surface area contributed by atoms with Crippen LogP contribution in [-0.4, -0.2) is 46.3 Å². The second-order valence-corrected chi connectivity index (χ2v) is 8.25. The minimum atomic E-state index is -0.545. The van der Waals surface area contributed by atoms with Gasteiger partial charge in [0.25, 0.3) is 0 Å². The van der Waals surface area contributed by atoms with Crippen LogP contribution in [0.3, 0.4) is 0 Å². The van der Waals surface area contributed by atoms with Gasteiger partial charge < -0.3 is 25.0 Å². The molecule has 0 aliphatic heterocycles. The molecule has 8 nitrogen and oxygen atoms in total. The molecule has 170 valence electrons. The van der Waals surface area contributed by atoms with Crippen LogP contribution in [0.1, 0.15) is 36.8 Å². The number of pyridine rings is 1. The largest absolute Gasteiger partial charge is 0.464 e. The SMILES string of the molecule is COC(=O)c1c(NC(=O)Cc2ccccc2)c2cc(NC(C)CO)cnc2n1CC(C)C. The lowest BCUT2D eigenvalue weighted by molar-refractivity contribution is -0.115. The van der Waals surface area contributed by atoms with Crippen molar-refractivity contribution in [3.8, 4) is 0 Å². The van der Waals surface area contributed by atoms with Gasteiger partial charge in [0.2, 0.25) is 5.91 Å². The molecule has 3 aromatic rings. The fraction of sp³-hybridized carbons (Fsp3) is 0.375. The molecule has 0 spiro atoms. The Bertz CT molecular complexity index is 1090. The van der Waals surface area contributed by atoms with Crippen LogP contribution in [0.25, 0.3) is 11.0 Å². The summed E-state index contributed by atoms with van der Waals surface area (Å²) in [7, 11) is 1.32. The molecule has 8 heteroatoms. The molecule has 0 radical (unpaired) electrons. The molecule has 0 saturated carbocycles. The van der Waals surface area contributed by atoms with Gasteiger partial charge in [-0.05, 0) is 24.5 Å². The third-order valence-corrected chi connectivity index (χ3v) is 4.98. The molecular weight excluding hydrogens is 408 g/mol. The molecule has 2 heterocycles. The van der Waals surface area contributed by atoms with E-state index in [1.54, 1.807) is 10.8 Å². The summed E-state index contributed by atoms with van der Waals surface area (Å²) in [5, 5.41) is 16.1. The normalized spacial score (nSPS) is 12.1. The number of anilines is 2. The smallest absolute Gasteiger partial charge is 0.356 e. The number of rotatable bonds is 9. The van der Waals surface area contributed by atoms with Crippen molar-refractivity contribution in [3.05, 3.63) is 53.9 Å². The molecule has 1 unspecified atom stereocenters. The van der Waals surface area contributed by atoms with Crippen LogP contribution in [-0.2, 0) is 22.5 Å². The summed E-state index contributed by atoms with van der Waals surface area (Å²) in [6.45, 7) is 6.41. The molecule has 1 atom stereocenters. The molecule has 1 aromatic carbocycles. The first kappa shape index (κ1) is 23.3. The van der Waals surface area contributed by atoms with E-state index < -0.39 is 5.97 Å². The molecule has 0 bridgehead atoms. The molecule has 3 N–H and O–H groups in total. The highest BCUT2D eigenvalue weighted by Crippen LogP contribution is 2.33. The van der Waals surface area contributed by atoms with Gasteiger partial charge in [-0.15, -0.1) is 0 Å². The van der Waals surface area contributed by atoms with E-state index in [0.29, 0.717) is 29.0 Å². The quantitative estimate of drug-likeness (QED) is 0.442. The number of fused-ring (bicyclic) bond motifs is 1. The van der Waals surface area contributed by atoms with E-state index in [2.05, 4.69) is 15.6 Å². The number of esters is 1. The van der Waals surface area contributed by atoms with E-state index >= 15 is 0 Å². The number of aliphatic hydroxyl groups is 1. The van der Waals surface area contributed by atoms with Gasteiger partial charge in [0.05, 0.1) is 37.7 Å². The van der Waals surface area contributed by atoms with Crippen molar-refractivity contribution in [1.29, 1.82) is 0 Å². The Morgan fingerprint density at radius 2 is 1.91 bits per heavy atom. The Labute approximate surface area is 187 Å². The number of nitrogens with one attached hydrogen (secondary N) is 2. The van der Waals surface area contributed by atoms with Crippen molar-refractivity contribution in [2.45, 2.75) is 39.8 Å². The maximum Gasteiger partial charge on any atom is 0.356 e. The second-order valence-electron chi connectivity index (χ2n) is 8.25. The fourth-order valence-corrected chi connectivity index (χ4v) is 3.58. The molecule has 2 aromatic heterocycles. The zero-order chi connectivity index (χ0) is 23.3. The maximum atomic E-state index is 12.9. The summed E-state index contributed by atoms with van der Waals surface area (Å²) in [4.78, 5) is 30.2. The van der Waals surface area contributed by atoms with Crippen molar-refractivity contribution in [1.82, 2.24) is 9.55 Å². The Kier molecular flexibility index (Phi) is 7.48. The first-order valence-corrected chi connectivity index (χ1v) is 10.7.